The number of carbonyl (C=O) groups is 1. The van der Waals surface area contributed by atoms with E-state index in [-0.39, 0.29) is 30.2 Å². The Hall–Kier alpha value is -1.11. The van der Waals surface area contributed by atoms with E-state index in [1.165, 1.54) is 4.31 Å². The van der Waals surface area contributed by atoms with Crippen LogP contribution in [0.2, 0.25) is 5.02 Å². The average molecular weight is 359 g/mol. The van der Waals surface area contributed by atoms with E-state index in [1.54, 1.807) is 19.1 Å². The number of carbonyl (C=O) groups excluding carboxylic acids is 1. The molecule has 2 atom stereocenters. The molecule has 0 saturated carbocycles. The van der Waals surface area contributed by atoms with E-state index in [4.69, 9.17) is 11.6 Å². The van der Waals surface area contributed by atoms with Gasteiger partial charge in [0.2, 0.25) is 15.9 Å². The maximum Gasteiger partial charge on any atom is 0.224 e. The summed E-state index contributed by atoms with van der Waals surface area (Å²) in [4.78, 5) is 12.5. The molecule has 0 aliphatic carbocycles. The highest BCUT2D eigenvalue weighted by atomic mass is 35.5. The van der Waals surface area contributed by atoms with Crippen molar-refractivity contribution in [1.29, 1.82) is 0 Å². The number of hydrogen-bond donors (Lipinski definition) is 1. The minimum atomic E-state index is -3.23. The van der Waals surface area contributed by atoms with Crippen molar-refractivity contribution in [2.75, 3.05) is 18.8 Å². The Morgan fingerprint density at radius 3 is 2.65 bits per heavy atom. The standard InChI is InChI=1S/C16H23ClN2O3S/c1-3-23(21,22)19-10-4-5-14(11-19)16(20)18-12(2)13-6-8-15(17)9-7-13/h6-9,12,14H,3-5,10-11H2,1-2H3,(H,18,20)/t12-,14+/m0/s1. The van der Waals surface area contributed by atoms with Gasteiger partial charge in [-0.05, 0) is 44.4 Å². The molecule has 1 aromatic rings. The Labute approximate surface area is 143 Å². The van der Waals surface area contributed by atoms with E-state index >= 15 is 0 Å². The van der Waals surface area contributed by atoms with Crippen molar-refractivity contribution in [2.45, 2.75) is 32.7 Å². The molecule has 1 amide bonds. The zero-order chi connectivity index (χ0) is 17.0. The number of piperidine rings is 1. The smallest absolute Gasteiger partial charge is 0.224 e. The lowest BCUT2D eigenvalue weighted by Gasteiger charge is -2.31. The molecule has 1 N–H and O–H groups in total. The normalized spacial score (nSPS) is 20.9. The summed E-state index contributed by atoms with van der Waals surface area (Å²) >= 11 is 5.87. The fraction of sp³-hybridized carbons (Fsp3) is 0.562. The Morgan fingerprint density at radius 2 is 2.04 bits per heavy atom. The van der Waals surface area contributed by atoms with Crippen LogP contribution in [0.4, 0.5) is 0 Å². The second kappa shape index (κ2) is 7.64. The summed E-state index contributed by atoms with van der Waals surface area (Å²) in [6.45, 7) is 4.31. The van der Waals surface area contributed by atoms with Crippen LogP contribution in [-0.2, 0) is 14.8 Å². The highest BCUT2D eigenvalue weighted by Crippen LogP contribution is 2.22. The van der Waals surface area contributed by atoms with Crippen molar-refractivity contribution >= 4 is 27.5 Å². The molecule has 0 aromatic heterocycles. The van der Waals surface area contributed by atoms with Gasteiger partial charge in [-0.2, -0.15) is 0 Å². The number of halogens is 1. The average Bonchev–Trinajstić information content (AvgIpc) is 2.55. The van der Waals surface area contributed by atoms with E-state index in [0.29, 0.717) is 18.0 Å². The molecular weight excluding hydrogens is 336 g/mol. The number of benzene rings is 1. The monoisotopic (exact) mass is 358 g/mol. The third-order valence-corrected chi connectivity index (χ3v) is 6.34. The van der Waals surface area contributed by atoms with Crippen LogP contribution < -0.4 is 5.32 Å². The van der Waals surface area contributed by atoms with Gasteiger partial charge in [-0.15, -0.1) is 0 Å². The number of sulfonamides is 1. The first-order valence-corrected chi connectivity index (χ1v) is 9.86. The first kappa shape index (κ1) is 18.2. The molecule has 0 bridgehead atoms. The summed E-state index contributed by atoms with van der Waals surface area (Å²) in [6, 6.07) is 7.19. The second-order valence-electron chi connectivity index (χ2n) is 5.88. The van der Waals surface area contributed by atoms with Crippen LogP contribution >= 0.6 is 11.6 Å². The van der Waals surface area contributed by atoms with E-state index in [0.717, 1.165) is 12.0 Å². The molecule has 1 aliphatic rings. The molecule has 2 rings (SSSR count). The second-order valence-corrected chi connectivity index (χ2v) is 8.57. The predicted molar refractivity (Wildman–Crippen MR) is 91.8 cm³/mol. The fourth-order valence-electron chi connectivity index (χ4n) is 2.76. The van der Waals surface area contributed by atoms with Crippen molar-refractivity contribution < 1.29 is 13.2 Å². The van der Waals surface area contributed by atoms with E-state index in [2.05, 4.69) is 5.32 Å². The molecule has 1 heterocycles. The van der Waals surface area contributed by atoms with Crippen LogP contribution in [0.1, 0.15) is 38.3 Å². The predicted octanol–water partition coefficient (Wildman–Crippen LogP) is 2.58. The molecule has 1 saturated heterocycles. The number of rotatable bonds is 5. The van der Waals surface area contributed by atoms with Crippen molar-refractivity contribution in [3.05, 3.63) is 34.9 Å². The quantitative estimate of drug-likeness (QED) is 0.879. The van der Waals surface area contributed by atoms with Crippen molar-refractivity contribution in [1.82, 2.24) is 9.62 Å². The van der Waals surface area contributed by atoms with E-state index < -0.39 is 10.0 Å². The van der Waals surface area contributed by atoms with Crippen LogP contribution in [0, 0.1) is 5.92 Å². The zero-order valence-corrected chi connectivity index (χ0v) is 15.0. The van der Waals surface area contributed by atoms with Gasteiger partial charge in [-0.3, -0.25) is 4.79 Å². The van der Waals surface area contributed by atoms with Gasteiger partial charge in [0.15, 0.2) is 0 Å². The van der Waals surface area contributed by atoms with Gasteiger partial charge in [0.25, 0.3) is 0 Å². The summed E-state index contributed by atoms with van der Waals surface area (Å²) in [5.74, 6) is -0.314. The summed E-state index contributed by atoms with van der Waals surface area (Å²) in [5, 5.41) is 3.62. The molecule has 1 aliphatic heterocycles. The summed E-state index contributed by atoms with van der Waals surface area (Å²) < 4.78 is 25.4. The molecule has 5 nitrogen and oxygen atoms in total. The highest BCUT2D eigenvalue weighted by Gasteiger charge is 2.31. The summed E-state index contributed by atoms with van der Waals surface area (Å²) in [6.07, 6.45) is 1.43. The number of amides is 1. The maximum atomic E-state index is 12.5. The third kappa shape index (κ3) is 4.68. The van der Waals surface area contributed by atoms with Gasteiger partial charge < -0.3 is 5.32 Å². The van der Waals surface area contributed by atoms with E-state index in [1.807, 2.05) is 19.1 Å². The van der Waals surface area contributed by atoms with Crippen molar-refractivity contribution in [3.8, 4) is 0 Å². The Kier molecular flexibility index (Phi) is 6.06. The van der Waals surface area contributed by atoms with Crippen LogP contribution in [0.25, 0.3) is 0 Å². The van der Waals surface area contributed by atoms with Crippen molar-refractivity contribution in [3.63, 3.8) is 0 Å². The molecule has 1 fully saturated rings. The van der Waals surface area contributed by atoms with Gasteiger partial charge >= 0.3 is 0 Å². The van der Waals surface area contributed by atoms with Gasteiger partial charge in [-0.25, -0.2) is 12.7 Å². The Bertz CT molecular complexity index is 646. The SMILES string of the molecule is CCS(=O)(=O)N1CCC[C@@H](C(=O)N[C@@H](C)c2ccc(Cl)cc2)C1. The molecule has 128 valence electrons. The first-order valence-electron chi connectivity index (χ1n) is 7.87. The number of nitrogens with zero attached hydrogens (tertiary/aromatic N) is 1. The van der Waals surface area contributed by atoms with Crippen LogP contribution in [-0.4, -0.2) is 37.5 Å². The van der Waals surface area contributed by atoms with Crippen LogP contribution in [0.3, 0.4) is 0 Å². The Balaban J connectivity index is 1.98. The lowest BCUT2D eigenvalue weighted by atomic mass is 9.98. The topological polar surface area (TPSA) is 66.5 Å². The minimum Gasteiger partial charge on any atom is -0.349 e. The Morgan fingerprint density at radius 1 is 1.39 bits per heavy atom. The third-order valence-electron chi connectivity index (χ3n) is 4.24. The first-order chi connectivity index (χ1) is 10.8. The van der Waals surface area contributed by atoms with Crippen LogP contribution in [0.5, 0.6) is 0 Å². The largest absolute Gasteiger partial charge is 0.349 e. The highest BCUT2D eigenvalue weighted by molar-refractivity contribution is 7.89. The molecule has 0 spiro atoms. The summed E-state index contributed by atoms with van der Waals surface area (Å²) in [7, 11) is -3.23. The fourth-order valence-corrected chi connectivity index (χ4v) is 4.06. The molecule has 1 aromatic carbocycles. The molecule has 7 heteroatoms. The van der Waals surface area contributed by atoms with Gasteiger partial charge in [-0.1, -0.05) is 23.7 Å². The lowest BCUT2D eigenvalue weighted by Crippen LogP contribution is -2.46. The van der Waals surface area contributed by atoms with E-state index in [9.17, 15) is 13.2 Å². The van der Waals surface area contributed by atoms with Crippen molar-refractivity contribution in [2.24, 2.45) is 5.92 Å². The van der Waals surface area contributed by atoms with Crippen LogP contribution in [0.15, 0.2) is 24.3 Å². The molecule has 0 unspecified atom stereocenters. The summed E-state index contributed by atoms with van der Waals surface area (Å²) in [5.41, 5.74) is 0.969. The molecule has 0 radical (unpaired) electrons. The number of hydrogen-bond acceptors (Lipinski definition) is 3. The maximum absolute atomic E-state index is 12.5. The molecule has 23 heavy (non-hydrogen) atoms. The van der Waals surface area contributed by atoms with Gasteiger partial charge in [0.05, 0.1) is 17.7 Å². The number of nitrogens with one attached hydrogen (secondary N) is 1. The van der Waals surface area contributed by atoms with Gasteiger partial charge in [0.1, 0.15) is 0 Å². The molecular formula is C16H23ClN2O3S. The zero-order valence-electron chi connectivity index (χ0n) is 13.5. The minimum absolute atomic E-state index is 0.0719. The lowest BCUT2D eigenvalue weighted by molar-refractivity contribution is -0.126. The van der Waals surface area contributed by atoms with Gasteiger partial charge in [0, 0.05) is 18.1 Å².